The Bertz CT molecular complexity index is 210. The van der Waals surface area contributed by atoms with Crippen molar-refractivity contribution in [1.82, 2.24) is 5.32 Å². The van der Waals surface area contributed by atoms with Crippen LogP contribution in [0.1, 0.15) is 0 Å². The van der Waals surface area contributed by atoms with E-state index in [4.69, 9.17) is 9.47 Å². The molecule has 0 saturated carbocycles. The van der Waals surface area contributed by atoms with E-state index in [2.05, 4.69) is 11.0 Å². The second-order valence-electron chi connectivity index (χ2n) is 2.02. The lowest BCUT2D eigenvalue weighted by Crippen LogP contribution is -2.16. The maximum Gasteiger partial charge on any atom is 0.185 e. The van der Waals surface area contributed by atoms with Crippen molar-refractivity contribution in [3.63, 3.8) is 0 Å². The molecule has 1 heterocycles. The van der Waals surface area contributed by atoms with Gasteiger partial charge in [-0.05, 0) is 6.08 Å². The number of methoxy groups -OCH3 is 2. The highest BCUT2D eigenvalue weighted by molar-refractivity contribution is 5.23. The van der Waals surface area contributed by atoms with Gasteiger partial charge in [-0.2, -0.15) is 0 Å². The van der Waals surface area contributed by atoms with Crippen LogP contribution in [0.3, 0.4) is 0 Å². The normalized spacial score (nSPS) is 15.0. The van der Waals surface area contributed by atoms with Crippen LogP contribution in [-0.4, -0.2) is 20.5 Å². The third-order valence-corrected chi connectivity index (χ3v) is 1.32. The van der Waals surface area contributed by atoms with Gasteiger partial charge in [0.25, 0.3) is 0 Å². The van der Waals surface area contributed by atoms with Gasteiger partial charge in [-0.15, -0.1) is 5.73 Å². The first-order valence-corrected chi connectivity index (χ1v) is 3.25. The molecule has 59 valence electrons. The minimum absolute atomic E-state index is 0.333. The summed E-state index contributed by atoms with van der Waals surface area (Å²) in [5.74, 6) is 0. The molecule has 0 saturated heterocycles. The molecule has 1 aliphatic heterocycles. The molecule has 3 heteroatoms. The van der Waals surface area contributed by atoms with Gasteiger partial charge in [0.1, 0.15) is 0 Å². The minimum Gasteiger partial charge on any atom is -0.352 e. The first kappa shape index (κ1) is 8.08. The SMILES string of the molecule is COC(OC)C1=C[N]C=C=C1. The molecule has 11 heavy (non-hydrogen) atoms. The molecule has 0 bridgehead atoms. The Hall–Kier alpha value is -1.02. The lowest BCUT2D eigenvalue weighted by atomic mass is 10.2. The molecule has 0 atom stereocenters. The molecule has 0 unspecified atom stereocenters. The minimum atomic E-state index is -0.333. The quantitative estimate of drug-likeness (QED) is 0.442. The van der Waals surface area contributed by atoms with E-state index < -0.39 is 0 Å². The molecule has 0 spiro atoms. The highest BCUT2D eigenvalue weighted by Gasteiger charge is 2.09. The van der Waals surface area contributed by atoms with Crippen LogP contribution in [0, 0.1) is 0 Å². The van der Waals surface area contributed by atoms with E-state index in [9.17, 15) is 0 Å². The predicted molar refractivity (Wildman–Crippen MR) is 40.7 cm³/mol. The molecule has 0 fully saturated rings. The van der Waals surface area contributed by atoms with E-state index in [1.165, 1.54) is 0 Å². The van der Waals surface area contributed by atoms with Crippen LogP contribution in [-0.2, 0) is 9.47 Å². The smallest absolute Gasteiger partial charge is 0.185 e. The van der Waals surface area contributed by atoms with E-state index >= 15 is 0 Å². The molecule has 1 aliphatic rings. The summed E-state index contributed by atoms with van der Waals surface area (Å²) in [6.45, 7) is 0. The summed E-state index contributed by atoms with van der Waals surface area (Å²) in [5.41, 5.74) is 3.71. The van der Waals surface area contributed by atoms with Crippen LogP contribution in [0.15, 0.2) is 29.8 Å². The van der Waals surface area contributed by atoms with Crippen molar-refractivity contribution in [3.05, 3.63) is 29.8 Å². The van der Waals surface area contributed by atoms with E-state index in [1.807, 2.05) is 0 Å². The van der Waals surface area contributed by atoms with Crippen LogP contribution in [0.4, 0.5) is 0 Å². The van der Waals surface area contributed by atoms with E-state index in [-0.39, 0.29) is 6.29 Å². The van der Waals surface area contributed by atoms with Crippen molar-refractivity contribution in [1.29, 1.82) is 0 Å². The molecule has 0 aliphatic carbocycles. The topological polar surface area (TPSA) is 32.6 Å². The zero-order valence-electron chi connectivity index (χ0n) is 6.57. The molecule has 0 N–H and O–H groups in total. The first-order chi connectivity index (χ1) is 5.38. The number of hydrogen-bond acceptors (Lipinski definition) is 2. The van der Waals surface area contributed by atoms with Crippen LogP contribution >= 0.6 is 0 Å². The molecule has 0 amide bonds. The fourth-order valence-electron chi connectivity index (χ4n) is 0.834. The monoisotopic (exact) mass is 152 g/mol. The van der Waals surface area contributed by atoms with Gasteiger partial charge >= 0.3 is 0 Å². The number of nitrogens with zero attached hydrogens (tertiary/aromatic N) is 1. The molecule has 3 nitrogen and oxygen atoms in total. The average Bonchev–Trinajstić information content (AvgIpc) is 2.09. The second kappa shape index (κ2) is 3.98. The Balaban J connectivity index is 2.65. The summed E-state index contributed by atoms with van der Waals surface area (Å²) < 4.78 is 10.0. The fraction of sp³-hybridized carbons (Fsp3) is 0.375. The molecule has 0 aromatic rings. The Morgan fingerprint density at radius 1 is 1.45 bits per heavy atom. The molecule has 1 rings (SSSR count). The van der Waals surface area contributed by atoms with E-state index in [1.54, 1.807) is 32.7 Å². The standard InChI is InChI=1S/C8H10NO2/c1-10-8(11-2)7-4-3-5-9-6-7/h4-6,8H,1-2H3. The van der Waals surface area contributed by atoms with Gasteiger partial charge in [-0.25, -0.2) is 0 Å². The summed E-state index contributed by atoms with van der Waals surface area (Å²) in [5, 5.41) is 3.89. The van der Waals surface area contributed by atoms with Crippen LogP contribution in [0.25, 0.3) is 0 Å². The van der Waals surface area contributed by atoms with Gasteiger partial charge in [-0.3, -0.25) is 5.32 Å². The Kier molecular flexibility index (Phi) is 2.93. The van der Waals surface area contributed by atoms with Crippen molar-refractivity contribution in [2.24, 2.45) is 0 Å². The Labute approximate surface area is 66.0 Å². The Morgan fingerprint density at radius 3 is 2.64 bits per heavy atom. The van der Waals surface area contributed by atoms with Gasteiger partial charge in [0.05, 0.1) is 6.20 Å². The van der Waals surface area contributed by atoms with Gasteiger partial charge in [0.15, 0.2) is 6.29 Å². The number of ether oxygens (including phenoxy) is 2. The number of hydrogen-bond donors (Lipinski definition) is 0. The summed E-state index contributed by atoms with van der Waals surface area (Å²) in [4.78, 5) is 0. The Morgan fingerprint density at radius 2 is 2.18 bits per heavy atom. The van der Waals surface area contributed by atoms with Gasteiger partial charge in [0.2, 0.25) is 0 Å². The van der Waals surface area contributed by atoms with E-state index in [0.29, 0.717) is 0 Å². The van der Waals surface area contributed by atoms with Crippen molar-refractivity contribution in [3.8, 4) is 0 Å². The van der Waals surface area contributed by atoms with Crippen LogP contribution < -0.4 is 5.32 Å². The fourth-order valence-corrected chi connectivity index (χ4v) is 0.834. The summed E-state index contributed by atoms with van der Waals surface area (Å²) >= 11 is 0. The van der Waals surface area contributed by atoms with Gasteiger partial charge in [-0.1, -0.05) is 0 Å². The highest BCUT2D eigenvalue weighted by Crippen LogP contribution is 2.08. The van der Waals surface area contributed by atoms with Crippen LogP contribution in [0.2, 0.25) is 0 Å². The molecular formula is C8H10NO2. The third-order valence-electron chi connectivity index (χ3n) is 1.32. The zero-order valence-corrected chi connectivity index (χ0v) is 6.57. The maximum atomic E-state index is 5.00. The largest absolute Gasteiger partial charge is 0.352 e. The molecular weight excluding hydrogens is 142 g/mol. The lowest BCUT2D eigenvalue weighted by molar-refractivity contribution is -0.0727. The van der Waals surface area contributed by atoms with E-state index in [0.717, 1.165) is 5.57 Å². The summed E-state index contributed by atoms with van der Waals surface area (Å²) in [6.07, 6.45) is 4.73. The maximum absolute atomic E-state index is 5.00. The van der Waals surface area contributed by atoms with Crippen molar-refractivity contribution < 1.29 is 9.47 Å². The van der Waals surface area contributed by atoms with Gasteiger partial charge in [0, 0.05) is 26.0 Å². The lowest BCUT2D eigenvalue weighted by Gasteiger charge is -2.14. The second-order valence-corrected chi connectivity index (χ2v) is 2.02. The molecule has 0 aromatic carbocycles. The predicted octanol–water partition coefficient (Wildman–Crippen LogP) is 0.776. The first-order valence-electron chi connectivity index (χ1n) is 3.25. The average molecular weight is 152 g/mol. The molecule has 1 radical (unpaired) electrons. The molecule has 0 aromatic heterocycles. The van der Waals surface area contributed by atoms with Crippen LogP contribution in [0.5, 0.6) is 0 Å². The third kappa shape index (κ3) is 1.95. The van der Waals surface area contributed by atoms with Crippen molar-refractivity contribution >= 4 is 0 Å². The summed E-state index contributed by atoms with van der Waals surface area (Å²) in [6, 6.07) is 0. The summed E-state index contributed by atoms with van der Waals surface area (Å²) in [7, 11) is 3.17. The van der Waals surface area contributed by atoms with Gasteiger partial charge < -0.3 is 9.47 Å². The van der Waals surface area contributed by atoms with Crippen molar-refractivity contribution in [2.75, 3.05) is 14.2 Å². The highest BCUT2D eigenvalue weighted by atomic mass is 16.7. The zero-order chi connectivity index (χ0) is 8.10. The number of rotatable bonds is 3. The van der Waals surface area contributed by atoms with Crippen molar-refractivity contribution in [2.45, 2.75) is 6.29 Å².